The molecule has 0 aromatic carbocycles. The fraction of sp³-hybridized carbons (Fsp3) is 0.571. The fourth-order valence-electron chi connectivity index (χ4n) is 0.941. The topological polar surface area (TPSA) is 74.7 Å². The highest BCUT2D eigenvalue weighted by atomic mass is 16.1. The third kappa shape index (κ3) is 2.23. The van der Waals surface area contributed by atoms with Gasteiger partial charge >= 0.3 is 0 Å². The van der Waals surface area contributed by atoms with Crippen LogP contribution in [-0.2, 0) is 6.42 Å². The second-order valence-electron chi connectivity index (χ2n) is 2.83. The molecule has 0 spiro atoms. The summed E-state index contributed by atoms with van der Waals surface area (Å²) >= 11 is 0. The molecule has 1 unspecified atom stereocenters. The number of hydrogen-bond acceptors (Lipinski definition) is 2. The third-order valence-corrected chi connectivity index (χ3v) is 1.62. The third-order valence-electron chi connectivity index (χ3n) is 1.62. The van der Waals surface area contributed by atoms with Crippen molar-refractivity contribution < 1.29 is 0 Å². The first-order valence-electron chi connectivity index (χ1n) is 3.69. The lowest BCUT2D eigenvalue weighted by Gasteiger charge is -2.04. The van der Waals surface area contributed by atoms with E-state index in [1.165, 1.54) is 0 Å². The minimum atomic E-state index is -0.0794. The maximum Gasteiger partial charge on any atom is 0.264 e. The number of nitrogens with one attached hydrogen (secondary N) is 2. The van der Waals surface area contributed by atoms with Gasteiger partial charge in [-0.05, 0) is 18.9 Å². The molecule has 4 nitrogen and oxygen atoms in total. The Morgan fingerprint density at radius 3 is 2.82 bits per heavy atom. The Morgan fingerprint density at radius 2 is 2.36 bits per heavy atom. The van der Waals surface area contributed by atoms with Gasteiger partial charge in [-0.25, -0.2) is 0 Å². The maximum atomic E-state index is 10.6. The molecule has 0 amide bonds. The van der Waals surface area contributed by atoms with Gasteiger partial charge in [0.05, 0.1) is 0 Å². The summed E-state index contributed by atoms with van der Waals surface area (Å²) in [6.07, 6.45) is 0.829. The molecule has 11 heavy (non-hydrogen) atoms. The lowest BCUT2D eigenvalue weighted by atomic mass is 10.1. The van der Waals surface area contributed by atoms with E-state index in [1.807, 2.05) is 6.92 Å². The normalized spacial score (nSPS) is 13.3. The van der Waals surface area contributed by atoms with Crippen molar-refractivity contribution in [2.75, 3.05) is 6.54 Å². The first-order valence-corrected chi connectivity index (χ1v) is 3.69. The number of hydrogen-bond donors (Lipinski definition) is 3. The summed E-state index contributed by atoms with van der Waals surface area (Å²) in [7, 11) is 0. The predicted octanol–water partition coefficient (Wildman–Crippen LogP) is -0.160. The zero-order chi connectivity index (χ0) is 8.27. The Hall–Kier alpha value is -1.03. The molecular formula is C7H13N3O. The highest BCUT2D eigenvalue weighted by molar-refractivity contribution is 4.98. The first kappa shape index (κ1) is 8.07. The van der Waals surface area contributed by atoms with Crippen LogP contribution in [0.4, 0.5) is 0 Å². The second-order valence-corrected chi connectivity index (χ2v) is 2.83. The van der Waals surface area contributed by atoms with Crippen LogP contribution >= 0.6 is 0 Å². The zero-order valence-corrected chi connectivity index (χ0v) is 6.55. The highest BCUT2D eigenvalue weighted by Gasteiger charge is 2.02. The van der Waals surface area contributed by atoms with Crippen molar-refractivity contribution >= 4 is 0 Å². The molecule has 4 N–H and O–H groups in total. The Bertz CT molecular complexity index is 263. The van der Waals surface area contributed by atoms with Gasteiger partial charge < -0.3 is 10.8 Å². The van der Waals surface area contributed by atoms with Crippen molar-refractivity contribution in [2.45, 2.75) is 13.3 Å². The van der Waals surface area contributed by atoms with Gasteiger partial charge in [0.1, 0.15) is 0 Å². The lowest BCUT2D eigenvalue weighted by molar-refractivity contribution is 0.583. The van der Waals surface area contributed by atoms with Gasteiger partial charge in [0.2, 0.25) is 0 Å². The minimum Gasteiger partial charge on any atom is -0.330 e. The summed E-state index contributed by atoms with van der Waals surface area (Å²) in [6, 6.07) is 1.56. The molecule has 1 aromatic rings. The van der Waals surface area contributed by atoms with Crippen LogP contribution in [0.2, 0.25) is 0 Å². The van der Waals surface area contributed by atoms with Crippen molar-refractivity contribution in [3.05, 3.63) is 22.1 Å². The summed E-state index contributed by atoms with van der Waals surface area (Å²) < 4.78 is 0. The standard InChI is InChI=1S/C7H13N3O/c1-5(4-8)2-6-3-7(11)10-9-6/h3,5H,2,4,8H2,1H3,(H2,9,10,11). The largest absolute Gasteiger partial charge is 0.330 e. The average molecular weight is 155 g/mol. The molecule has 1 rings (SSSR count). The number of nitrogens with two attached hydrogens (primary N) is 1. The number of aromatic amines is 2. The molecule has 0 saturated heterocycles. The Labute approximate surface area is 64.8 Å². The van der Waals surface area contributed by atoms with Crippen LogP contribution in [0.5, 0.6) is 0 Å². The van der Waals surface area contributed by atoms with Crippen LogP contribution in [0.3, 0.4) is 0 Å². The second kappa shape index (κ2) is 3.39. The van der Waals surface area contributed by atoms with Gasteiger partial charge in [0.25, 0.3) is 5.56 Å². The quantitative estimate of drug-likeness (QED) is 0.567. The van der Waals surface area contributed by atoms with Crippen molar-refractivity contribution in [1.82, 2.24) is 10.2 Å². The molecule has 1 atom stereocenters. The number of aromatic nitrogens is 2. The van der Waals surface area contributed by atoms with E-state index in [9.17, 15) is 4.79 Å². The summed E-state index contributed by atoms with van der Waals surface area (Å²) in [6.45, 7) is 2.69. The van der Waals surface area contributed by atoms with Crippen LogP contribution in [0.1, 0.15) is 12.6 Å². The van der Waals surface area contributed by atoms with E-state index in [0.717, 1.165) is 12.1 Å². The van der Waals surface area contributed by atoms with Crippen LogP contribution in [0, 0.1) is 5.92 Å². The monoisotopic (exact) mass is 155 g/mol. The van der Waals surface area contributed by atoms with Crippen LogP contribution in [0.25, 0.3) is 0 Å². The van der Waals surface area contributed by atoms with E-state index >= 15 is 0 Å². The molecular weight excluding hydrogens is 142 g/mol. The molecule has 0 aliphatic heterocycles. The van der Waals surface area contributed by atoms with Crippen molar-refractivity contribution in [1.29, 1.82) is 0 Å². The van der Waals surface area contributed by atoms with Crippen molar-refractivity contribution in [3.8, 4) is 0 Å². The van der Waals surface area contributed by atoms with Gasteiger partial charge in [-0.2, -0.15) is 0 Å². The molecule has 0 aliphatic carbocycles. The van der Waals surface area contributed by atoms with E-state index < -0.39 is 0 Å². The Balaban J connectivity index is 2.57. The van der Waals surface area contributed by atoms with Gasteiger partial charge in [-0.1, -0.05) is 6.92 Å². The Kier molecular flexibility index (Phi) is 2.48. The zero-order valence-electron chi connectivity index (χ0n) is 6.55. The van der Waals surface area contributed by atoms with E-state index in [1.54, 1.807) is 6.07 Å². The number of rotatable bonds is 3. The lowest BCUT2D eigenvalue weighted by Crippen LogP contribution is -2.13. The van der Waals surface area contributed by atoms with Gasteiger partial charge in [-0.15, -0.1) is 0 Å². The first-order chi connectivity index (χ1) is 5.22. The minimum absolute atomic E-state index is 0.0794. The van der Waals surface area contributed by atoms with Crippen molar-refractivity contribution in [3.63, 3.8) is 0 Å². The van der Waals surface area contributed by atoms with E-state index in [4.69, 9.17) is 5.73 Å². The van der Waals surface area contributed by atoms with E-state index in [0.29, 0.717) is 12.5 Å². The molecule has 0 radical (unpaired) electrons. The molecule has 1 heterocycles. The summed E-state index contributed by atoms with van der Waals surface area (Å²) in [5.74, 6) is 0.418. The molecule has 0 bridgehead atoms. The predicted molar refractivity (Wildman–Crippen MR) is 43.3 cm³/mol. The SMILES string of the molecule is CC(CN)Cc1cc(=O)[nH][nH]1. The van der Waals surface area contributed by atoms with Crippen LogP contribution < -0.4 is 11.3 Å². The smallest absolute Gasteiger partial charge is 0.264 e. The van der Waals surface area contributed by atoms with Gasteiger partial charge in [-0.3, -0.25) is 9.89 Å². The van der Waals surface area contributed by atoms with Gasteiger partial charge in [0, 0.05) is 11.8 Å². The summed E-state index contributed by atoms with van der Waals surface area (Å²) in [5.41, 5.74) is 6.27. The molecule has 62 valence electrons. The summed E-state index contributed by atoms with van der Waals surface area (Å²) in [5, 5.41) is 5.25. The maximum absolute atomic E-state index is 10.6. The average Bonchev–Trinajstić information content (AvgIpc) is 2.35. The highest BCUT2D eigenvalue weighted by Crippen LogP contribution is 2.00. The van der Waals surface area contributed by atoms with E-state index in [2.05, 4.69) is 10.2 Å². The van der Waals surface area contributed by atoms with Crippen LogP contribution in [-0.4, -0.2) is 16.7 Å². The molecule has 0 aliphatic rings. The number of H-pyrrole nitrogens is 2. The molecule has 0 saturated carbocycles. The molecule has 4 heteroatoms. The molecule has 1 aromatic heterocycles. The Morgan fingerprint density at radius 1 is 1.64 bits per heavy atom. The fourth-order valence-corrected chi connectivity index (χ4v) is 0.941. The van der Waals surface area contributed by atoms with E-state index in [-0.39, 0.29) is 5.56 Å². The van der Waals surface area contributed by atoms with Gasteiger partial charge in [0.15, 0.2) is 0 Å². The molecule has 0 fully saturated rings. The van der Waals surface area contributed by atoms with Crippen LogP contribution in [0.15, 0.2) is 10.9 Å². The summed E-state index contributed by atoms with van der Waals surface area (Å²) in [4.78, 5) is 10.6. The van der Waals surface area contributed by atoms with Crippen molar-refractivity contribution in [2.24, 2.45) is 11.7 Å².